The van der Waals surface area contributed by atoms with E-state index in [1.54, 1.807) is 37.4 Å². The fraction of sp³-hybridized carbons (Fsp3) is 0.200. The Labute approximate surface area is 200 Å². The van der Waals surface area contributed by atoms with E-state index in [-0.39, 0.29) is 28.5 Å². The predicted octanol–water partition coefficient (Wildman–Crippen LogP) is 5.43. The number of halogens is 1. The lowest BCUT2D eigenvalue weighted by molar-refractivity contribution is -0.140. The first-order valence-electron chi connectivity index (χ1n) is 10.3. The maximum Gasteiger partial charge on any atom is 0.295 e. The van der Waals surface area contributed by atoms with Crippen LogP contribution in [0.25, 0.3) is 5.76 Å². The van der Waals surface area contributed by atoms with E-state index in [9.17, 15) is 14.7 Å². The number of ether oxygens (including phenoxy) is 2. The monoisotopic (exact) mass is 483 g/mol. The topological polar surface area (TPSA) is 76.1 Å². The third kappa shape index (κ3) is 4.47. The second-order valence-electron chi connectivity index (χ2n) is 7.37. The number of aliphatic hydroxyl groups is 1. The molecule has 1 amide bonds. The summed E-state index contributed by atoms with van der Waals surface area (Å²) in [6, 6.07) is 15.1. The highest BCUT2D eigenvalue weighted by atomic mass is 35.5. The van der Waals surface area contributed by atoms with Crippen LogP contribution in [-0.2, 0) is 16.1 Å². The fourth-order valence-electron chi connectivity index (χ4n) is 3.80. The molecule has 2 heterocycles. The van der Waals surface area contributed by atoms with Crippen LogP contribution >= 0.6 is 22.9 Å². The van der Waals surface area contributed by atoms with Gasteiger partial charge in [-0.15, -0.1) is 11.3 Å². The van der Waals surface area contributed by atoms with E-state index in [4.69, 9.17) is 21.1 Å². The van der Waals surface area contributed by atoms with Gasteiger partial charge in [0.05, 0.1) is 30.4 Å². The van der Waals surface area contributed by atoms with Gasteiger partial charge in [-0.3, -0.25) is 9.59 Å². The summed E-state index contributed by atoms with van der Waals surface area (Å²) >= 11 is 7.76. The summed E-state index contributed by atoms with van der Waals surface area (Å²) in [5.41, 5.74) is 1.08. The molecule has 0 spiro atoms. The Morgan fingerprint density at radius 3 is 2.48 bits per heavy atom. The second kappa shape index (κ2) is 9.68. The number of benzene rings is 2. The summed E-state index contributed by atoms with van der Waals surface area (Å²) < 4.78 is 10.7. The number of hydrogen-bond donors (Lipinski definition) is 1. The van der Waals surface area contributed by atoms with Crippen LogP contribution in [0.3, 0.4) is 0 Å². The smallest absolute Gasteiger partial charge is 0.295 e. The van der Waals surface area contributed by atoms with Crippen LogP contribution < -0.4 is 9.47 Å². The zero-order valence-electron chi connectivity index (χ0n) is 18.1. The molecular formula is C25H22ClNO5S. The number of likely N-dealkylation sites (tertiary alicyclic amines) is 1. The van der Waals surface area contributed by atoms with Crippen molar-refractivity contribution in [3.05, 3.63) is 86.6 Å². The van der Waals surface area contributed by atoms with E-state index in [2.05, 4.69) is 0 Å². The lowest BCUT2D eigenvalue weighted by Gasteiger charge is -2.24. The van der Waals surface area contributed by atoms with Crippen LogP contribution in [-0.4, -0.2) is 35.4 Å². The van der Waals surface area contributed by atoms with E-state index in [0.29, 0.717) is 18.1 Å². The first kappa shape index (κ1) is 22.9. The van der Waals surface area contributed by atoms with E-state index in [1.165, 1.54) is 16.2 Å². The standard InChI is InChI=1S/C25H22ClNO5S/c1-3-32-17-10-11-19(26)18(13-17)23(28)21-22(20-5-4-12-33-20)27(25(30)24(21)29)14-15-6-8-16(31-2)9-7-15/h4-13,22,28H,3,14H2,1-2H3/b23-21-. The predicted molar refractivity (Wildman–Crippen MR) is 128 cm³/mol. The average Bonchev–Trinajstić information content (AvgIpc) is 3.43. The Morgan fingerprint density at radius 1 is 1.12 bits per heavy atom. The summed E-state index contributed by atoms with van der Waals surface area (Å²) in [5.74, 6) is -0.557. The summed E-state index contributed by atoms with van der Waals surface area (Å²) in [4.78, 5) is 28.5. The van der Waals surface area contributed by atoms with Crippen molar-refractivity contribution in [2.24, 2.45) is 0 Å². The van der Waals surface area contributed by atoms with Crippen LogP contribution in [0.2, 0.25) is 5.02 Å². The molecule has 1 saturated heterocycles. The number of methoxy groups -OCH3 is 1. The molecule has 1 N–H and O–H groups in total. The van der Waals surface area contributed by atoms with Crippen molar-refractivity contribution >= 4 is 40.4 Å². The summed E-state index contributed by atoms with van der Waals surface area (Å²) in [6.45, 7) is 2.47. The second-order valence-corrected chi connectivity index (χ2v) is 8.75. The van der Waals surface area contributed by atoms with Gasteiger partial charge in [0, 0.05) is 17.0 Å². The van der Waals surface area contributed by atoms with Gasteiger partial charge in [-0.2, -0.15) is 0 Å². The molecular weight excluding hydrogens is 462 g/mol. The molecule has 8 heteroatoms. The summed E-state index contributed by atoms with van der Waals surface area (Å²) in [5, 5.41) is 13.4. The number of carbonyl (C=O) groups excluding carboxylic acids is 2. The van der Waals surface area contributed by atoms with Crippen molar-refractivity contribution in [3.63, 3.8) is 0 Å². The van der Waals surface area contributed by atoms with Gasteiger partial charge in [-0.1, -0.05) is 29.8 Å². The van der Waals surface area contributed by atoms with Crippen LogP contribution in [0.4, 0.5) is 0 Å². The maximum absolute atomic E-state index is 13.1. The van der Waals surface area contributed by atoms with Gasteiger partial charge in [-0.25, -0.2) is 0 Å². The zero-order valence-corrected chi connectivity index (χ0v) is 19.7. The van der Waals surface area contributed by atoms with Crippen LogP contribution in [0.1, 0.15) is 29.0 Å². The van der Waals surface area contributed by atoms with Gasteiger partial charge in [0.2, 0.25) is 0 Å². The molecule has 1 aromatic heterocycles. The Bertz CT molecular complexity index is 1200. The number of ketones is 1. The number of amides is 1. The molecule has 4 rings (SSSR count). The highest BCUT2D eigenvalue weighted by Crippen LogP contribution is 2.43. The first-order valence-corrected chi connectivity index (χ1v) is 11.6. The molecule has 3 aromatic rings. The van der Waals surface area contributed by atoms with Crippen molar-refractivity contribution in [2.45, 2.75) is 19.5 Å². The van der Waals surface area contributed by atoms with E-state index >= 15 is 0 Å². The van der Waals surface area contributed by atoms with Crippen LogP contribution in [0.5, 0.6) is 11.5 Å². The zero-order chi connectivity index (χ0) is 23.5. The number of thiophene rings is 1. The van der Waals surface area contributed by atoms with Crippen LogP contribution in [0.15, 0.2) is 65.6 Å². The molecule has 1 fully saturated rings. The lowest BCUT2D eigenvalue weighted by Crippen LogP contribution is -2.28. The highest BCUT2D eigenvalue weighted by Gasteiger charge is 2.46. The highest BCUT2D eigenvalue weighted by molar-refractivity contribution is 7.10. The largest absolute Gasteiger partial charge is 0.507 e. The van der Waals surface area contributed by atoms with Crippen LogP contribution in [0, 0.1) is 0 Å². The minimum absolute atomic E-state index is 0.00603. The van der Waals surface area contributed by atoms with E-state index in [0.717, 1.165) is 10.4 Å². The molecule has 33 heavy (non-hydrogen) atoms. The SMILES string of the molecule is CCOc1ccc(Cl)c(/C(O)=C2/C(=O)C(=O)N(Cc3ccc(OC)cc3)C2c2cccs2)c1. The molecule has 1 atom stereocenters. The number of hydrogen-bond acceptors (Lipinski definition) is 6. The number of aliphatic hydroxyl groups excluding tert-OH is 1. The molecule has 1 aliphatic heterocycles. The third-order valence-corrected chi connectivity index (χ3v) is 6.62. The molecule has 0 bridgehead atoms. The van der Waals surface area contributed by atoms with Gasteiger partial charge < -0.3 is 19.5 Å². The van der Waals surface area contributed by atoms with Crippen molar-refractivity contribution in [1.82, 2.24) is 4.90 Å². The molecule has 0 aliphatic carbocycles. The first-order chi connectivity index (χ1) is 15.9. The van der Waals surface area contributed by atoms with Gasteiger partial charge in [0.15, 0.2) is 0 Å². The molecule has 0 saturated carbocycles. The van der Waals surface area contributed by atoms with Gasteiger partial charge in [0.25, 0.3) is 11.7 Å². The molecule has 170 valence electrons. The summed E-state index contributed by atoms with van der Waals surface area (Å²) in [7, 11) is 1.58. The van der Waals surface area contributed by atoms with Gasteiger partial charge in [-0.05, 0) is 54.3 Å². The number of carbonyl (C=O) groups is 2. The lowest BCUT2D eigenvalue weighted by atomic mass is 9.99. The molecule has 1 aliphatic rings. The Morgan fingerprint density at radius 2 is 1.85 bits per heavy atom. The third-order valence-electron chi connectivity index (χ3n) is 5.37. The minimum atomic E-state index is -0.753. The minimum Gasteiger partial charge on any atom is -0.507 e. The maximum atomic E-state index is 13.1. The fourth-order valence-corrected chi connectivity index (χ4v) is 4.85. The van der Waals surface area contributed by atoms with E-state index < -0.39 is 17.7 Å². The van der Waals surface area contributed by atoms with Crippen molar-refractivity contribution in [2.75, 3.05) is 13.7 Å². The molecule has 0 radical (unpaired) electrons. The number of Topliss-reactive ketones (excluding diaryl/α,β-unsaturated/α-hetero) is 1. The molecule has 2 aromatic carbocycles. The van der Waals surface area contributed by atoms with Gasteiger partial charge in [0.1, 0.15) is 17.3 Å². The molecule has 6 nitrogen and oxygen atoms in total. The van der Waals surface area contributed by atoms with Crippen molar-refractivity contribution in [1.29, 1.82) is 0 Å². The Balaban J connectivity index is 1.81. The van der Waals surface area contributed by atoms with Crippen molar-refractivity contribution in [3.8, 4) is 11.5 Å². The van der Waals surface area contributed by atoms with Crippen molar-refractivity contribution < 1.29 is 24.2 Å². The number of rotatable bonds is 7. The average molecular weight is 484 g/mol. The van der Waals surface area contributed by atoms with Gasteiger partial charge >= 0.3 is 0 Å². The Hall–Kier alpha value is -3.29. The Kier molecular flexibility index (Phi) is 6.72. The molecule has 1 unspecified atom stereocenters. The summed E-state index contributed by atoms with van der Waals surface area (Å²) in [6.07, 6.45) is 0. The number of nitrogens with zero attached hydrogens (tertiary/aromatic N) is 1. The van der Waals surface area contributed by atoms with E-state index in [1.807, 2.05) is 36.6 Å². The quantitative estimate of drug-likeness (QED) is 0.275. The normalized spacial score (nSPS) is 17.4.